The first-order valence-corrected chi connectivity index (χ1v) is 4.46. The predicted octanol–water partition coefficient (Wildman–Crippen LogP) is 0.0849. The number of nitrogens with zero attached hydrogens (tertiary/aromatic N) is 1. The first-order valence-electron chi connectivity index (χ1n) is 3.22. The maximum Gasteiger partial charge on any atom is 0.0616 e. The molecule has 1 rings (SSSR count). The van der Waals surface area contributed by atoms with Gasteiger partial charge in [0.1, 0.15) is 0 Å². The lowest BCUT2D eigenvalue weighted by Crippen LogP contribution is -2.30. The van der Waals surface area contributed by atoms with Crippen LogP contribution >= 0.6 is 0 Å². The van der Waals surface area contributed by atoms with Gasteiger partial charge in [0.15, 0.2) is 0 Å². The summed E-state index contributed by atoms with van der Waals surface area (Å²) in [6.45, 7) is 1.64. The Morgan fingerprint density at radius 1 is 1.60 bits per heavy atom. The molecule has 10 heavy (non-hydrogen) atoms. The molecule has 1 aliphatic heterocycles. The van der Waals surface area contributed by atoms with E-state index >= 15 is 0 Å². The van der Waals surface area contributed by atoms with Crippen LogP contribution in [0, 0.1) is 0 Å². The highest BCUT2D eigenvalue weighted by Crippen LogP contribution is 2.00. The Labute approximate surface area is 63.0 Å². The fourth-order valence-electron chi connectivity index (χ4n) is 0.956. The Balaban J connectivity index is 2.28. The smallest absolute Gasteiger partial charge is 0.0616 e. The molecule has 58 valence electrons. The Morgan fingerprint density at radius 2 is 2.40 bits per heavy atom. The van der Waals surface area contributed by atoms with Gasteiger partial charge in [0.2, 0.25) is 0 Å². The van der Waals surface area contributed by atoms with Gasteiger partial charge in [0.25, 0.3) is 0 Å². The lowest BCUT2D eigenvalue weighted by Gasteiger charge is -2.23. The number of rotatable bonds is 2. The van der Waals surface area contributed by atoms with Gasteiger partial charge >= 0.3 is 0 Å². The van der Waals surface area contributed by atoms with Gasteiger partial charge in [-0.1, -0.05) is 12.2 Å². The SMILES string of the molecule is O=S([O-])CN1CC=CCC1. The Morgan fingerprint density at radius 3 is 2.90 bits per heavy atom. The van der Waals surface area contributed by atoms with E-state index in [0.717, 1.165) is 19.5 Å². The standard InChI is InChI=1S/C6H11NO2S/c8-10(9)6-7-4-2-1-3-5-7/h1-2H,3-6H2,(H,8,9)/p-1. The van der Waals surface area contributed by atoms with Gasteiger partial charge in [-0.15, -0.1) is 0 Å². The normalized spacial score (nSPS) is 22.9. The van der Waals surface area contributed by atoms with Gasteiger partial charge < -0.3 is 4.55 Å². The summed E-state index contributed by atoms with van der Waals surface area (Å²) in [6, 6.07) is 0. The Bertz CT molecular complexity index is 158. The van der Waals surface area contributed by atoms with Crippen LogP contribution in [0.2, 0.25) is 0 Å². The van der Waals surface area contributed by atoms with Gasteiger partial charge in [-0.3, -0.25) is 9.11 Å². The summed E-state index contributed by atoms with van der Waals surface area (Å²) in [6.07, 6.45) is 5.04. The van der Waals surface area contributed by atoms with Crippen LogP contribution in [0.5, 0.6) is 0 Å². The van der Waals surface area contributed by atoms with E-state index in [1.54, 1.807) is 0 Å². The van der Waals surface area contributed by atoms with E-state index in [2.05, 4.69) is 6.08 Å². The minimum atomic E-state index is -1.92. The van der Waals surface area contributed by atoms with E-state index in [0.29, 0.717) is 0 Å². The fraction of sp³-hybridized carbons (Fsp3) is 0.667. The monoisotopic (exact) mass is 160 g/mol. The van der Waals surface area contributed by atoms with Crippen LogP contribution < -0.4 is 0 Å². The average Bonchev–Trinajstić information content (AvgIpc) is 1.88. The van der Waals surface area contributed by atoms with Crippen molar-refractivity contribution in [2.75, 3.05) is 19.0 Å². The summed E-state index contributed by atoms with van der Waals surface area (Å²) < 4.78 is 20.4. The quantitative estimate of drug-likeness (QED) is 0.424. The molecular weight excluding hydrogens is 150 g/mol. The zero-order chi connectivity index (χ0) is 7.40. The number of hydrogen-bond acceptors (Lipinski definition) is 3. The molecule has 0 amide bonds. The molecule has 0 aliphatic carbocycles. The second-order valence-electron chi connectivity index (χ2n) is 2.27. The molecule has 0 N–H and O–H groups in total. The second kappa shape index (κ2) is 3.85. The molecule has 3 nitrogen and oxygen atoms in total. The third-order valence-corrected chi connectivity index (χ3v) is 2.01. The van der Waals surface area contributed by atoms with Crippen molar-refractivity contribution in [2.24, 2.45) is 0 Å². The molecule has 0 radical (unpaired) electrons. The topological polar surface area (TPSA) is 43.4 Å². The van der Waals surface area contributed by atoms with Crippen LogP contribution in [0.3, 0.4) is 0 Å². The summed E-state index contributed by atoms with van der Waals surface area (Å²) in [4.78, 5) is 1.89. The largest absolute Gasteiger partial charge is 0.771 e. The van der Waals surface area contributed by atoms with Crippen molar-refractivity contribution in [3.63, 3.8) is 0 Å². The van der Waals surface area contributed by atoms with Crippen molar-refractivity contribution in [1.82, 2.24) is 4.90 Å². The van der Waals surface area contributed by atoms with Crippen LogP contribution in [0.1, 0.15) is 6.42 Å². The molecule has 0 aromatic rings. The second-order valence-corrected chi connectivity index (χ2v) is 3.14. The fourth-order valence-corrected chi connectivity index (χ4v) is 1.49. The molecule has 1 atom stereocenters. The highest BCUT2D eigenvalue weighted by molar-refractivity contribution is 7.79. The van der Waals surface area contributed by atoms with E-state index < -0.39 is 11.1 Å². The molecule has 0 spiro atoms. The Hall–Kier alpha value is -0.190. The summed E-state index contributed by atoms with van der Waals surface area (Å²) in [5, 5.41) is 0. The van der Waals surface area contributed by atoms with E-state index in [1.807, 2.05) is 11.0 Å². The van der Waals surface area contributed by atoms with Crippen molar-refractivity contribution in [1.29, 1.82) is 0 Å². The minimum Gasteiger partial charge on any atom is -0.771 e. The zero-order valence-electron chi connectivity index (χ0n) is 5.66. The minimum absolute atomic E-state index is 0.171. The highest BCUT2D eigenvalue weighted by Gasteiger charge is 2.03. The molecule has 0 fully saturated rings. The molecule has 4 heteroatoms. The molecule has 0 saturated heterocycles. The van der Waals surface area contributed by atoms with E-state index in [-0.39, 0.29) is 5.88 Å². The van der Waals surface area contributed by atoms with Crippen LogP contribution in [-0.4, -0.2) is 32.6 Å². The highest BCUT2D eigenvalue weighted by atomic mass is 32.2. The summed E-state index contributed by atoms with van der Waals surface area (Å²) in [5.41, 5.74) is 0. The van der Waals surface area contributed by atoms with Crippen molar-refractivity contribution in [2.45, 2.75) is 6.42 Å². The summed E-state index contributed by atoms with van der Waals surface area (Å²) in [5.74, 6) is 0.171. The average molecular weight is 160 g/mol. The molecule has 1 heterocycles. The third-order valence-electron chi connectivity index (χ3n) is 1.43. The molecule has 0 bridgehead atoms. The molecule has 1 aliphatic rings. The molecule has 0 aromatic heterocycles. The lowest BCUT2D eigenvalue weighted by molar-refractivity contribution is 0.337. The Kier molecular flexibility index (Phi) is 3.05. The van der Waals surface area contributed by atoms with Gasteiger partial charge in [0.05, 0.1) is 5.88 Å². The lowest BCUT2D eigenvalue weighted by atomic mass is 10.3. The first-order chi connectivity index (χ1) is 4.79. The van der Waals surface area contributed by atoms with Crippen LogP contribution in [0.25, 0.3) is 0 Å². The van der Waals surface area contributed by atoms with Gasteiger partial charge in [-0.25, -0.2) is 0 Å². The molecular formula is C6H10NO2S-. The van der Waals surface area contributed by atoms with Gasteiger partial charge in [-0.05, 0) is 17.5 Å². The van der Waals surface area contributed by atoms with Crippen molar-refractivity contribution in [3.8, 4) is 0 Å². The van der Waals surface area contributed by atoms with Crippen molar-refractivity contribution >= 4 is 11.1 Å². The van der Waals surface area contributed by atoms with E-state index in [9.17, 15) is 8.76 Å². The maximum absolute atomic E-state index is 10.2. The van der Waals surface area contributed by atoms with Crippen LogP contribution in [0.15, 0.2) is 12.2 Å². The van der Waals surface area contributed by atoms with Crippen LogP contribution in [-0.2, 0) is 11.1 Å². The summed E-state index contributed by atoms with van der Waals surface area (Å²) in [7, 11) is 0. The predicted molar refractivity (Wildman–Crippen MR) is 39.1 cm³/mol. The van der Waals surface area contributed by atoms with Crippen molar-refractivity contribution in [3.05, 3.63) is 12.2 Å². The van der Waals surface area contributed by atoms with E-state index in [1.165, 1.54) is 0 Å². The molecule has 1 unspecified atom stereocenters. The molecule has 0 aromatic carbocycles. The third kappa shape index (κ3) is 2.60. The van der Waals surface area contributed by atoms with Gasteiger partial charge in [0, 0.05) is 13.1 Å². The first kappa shape index (κ1) is 7.91. The zero-order valence-corrected chi connectivity index (χ0v) is 6.47. The van der Waals surface area contributed by atoms with E-state index in [4.69, 9.17) is 0 Å². The maximum atomic E-state index is 10.2. The van der Waals surface area contributed by atoms with Crippen molar-refractivity contribution < 1.29 is 8.76 Å². The van der Waals surface area contributed by atoms with Gasteiger partial charge in [-0.2, -0.15) is 0 Å². The van der Waals surface area contributed by atoms with Crippen LogP contribution in [0.4, 0.5) is 0 Å². The summed E-state index contributed by atoms with van der Waals surface area (Å²) >= 11 is -1.92. The number of hydrogen-bond donors (Lipinski definition) is 0. The molecule has 0 saturated carbocycles.